The highest BCUT2D eigenvalue weighted by Crippen LogP contribution is 2.24. The van der Waals surface area contributed by atoms with Gasteiger partial charge in [0.2, 0.25) is 11.8 Å². The summed E-state index contributed by atoms with van der Waals surface area (Å²) < 4.78 is 10.9. The Bertz CT molecular complexity index is 695. The highest BCUT2D eigenvalue weighted by Gasteiger charge is 2.32. The monoisotopic (exact) mass is 317 g/mol. The van der Waals surface area contributed by atoms with Gasteiger partial charge in [-0.15, -0.1) is 10.2 Å². The molecule has 1 fully saturated rings. The summed E-state index contributed by atoms with van der Waals surface area (Å²) in [7, 11) is 0. The second-order valence-corrected chi connectivity index (χ2v) is 5.54. The summed E-state index contributed by atoms with van der Waals surface area (Å²) in [5.74, 6) is 1.37. The second-order valence-electron chi connectivity index (χ2n) is 5.54. The maximum atomic E-state index is 12.6. The lowest BCUT2D eigenvalue weighted by Gasteiger charge is -2.33. The Hall–Kier alpha value is -2.48. The van der Waals surface area contributed by atoms with E-state index in [0.29, 0.717) is 37.4 Å². The molecule has 0 bridgehead atoms. The maximum Gasteiger partial charge on any atom is 0.323 e. The third kappa shape index (κ3) is 3.48. The zero-order chi connectivity index (χ0) is 16.4. The van der Waals surface area contributed by atoms with Crippen LogP contribution >= 0.6 is 0 Å². The van der Waals surface area contributed by atoms with Crippen LogP contribution in [0.15, 0.2) is 16.5 Å². The lowest BCUT2D eigenvalue weighted by molar-refractivity contribution is 0.00509. The minimum Gasteiger partial charge on any atom is -0.423 e. The Labute approximate surface area is 133 Å². The molecular weight excluding hydrogens is 298 g/mol. The number of carbonyl (C=O) groups excluding carboxylic acids is 1. The van der Waals surface area contributed by atoms with Crippen LogP contribution in [0.5, 0.6) is 0 Å². The first kappa shape index (κ1) is 15.4. The topological polar surface area (TPSA) is 93.4 Å². The first-order valence-electron chi connectivity index (χ1n) is 7.43. The van der Waals surface area contributed by atoms with Crippen molar-refractivity contribution in [3.05, 3.63) is 35.2 Å². The van der Waals surface area contributed by atoms with E-state index in [-0.39, 0.29) is 6.03 Å². The van der Waals surface area contributed by atoms with Crippen molar-refractivity contribution in [2.45, 2.75) is 26.8 Å². The molecule has 1 saturated heterocycles. The number of ether oxygens (including phenoxy) is 1. The van der Waals surface area contributed by atoms with E-state index in [9.17, 15) is 4.79 Å². The summed E-state index contributed by atoms with van der Waals surface area (Å²) in [6, 6.07) is 3.13. The number of rotatable bonds is 2. The van der Waals surface area contributed by atoms with Gasteiger partial charge in [0.05, 0.1) is 13.2 Å². The Kier molecular flexibility index (Phi) is 4.24. The standard InChI is InChI=1S/C15H19N5O3/c1-9-6-10(2)16-13(7-9)17-15(21)20-4-5-22-8-12(20)14-19-18-11(3)23-14/h6-7,12H,4-5,8H2,1-3H3,(H,16,17,21). The van der Waals surface area contributed by atoms with E-state index < -0.39 is 6.04 Å². The molecule has 8 nitrogen and oxygen atoms in total. The zero-order valence-electron chi connectivity index (χ0n) is 13.4. The van der Waals surface area contributed by atoms with E-state index >= 15 is 0 Å². The van der Waals surface area contributed by atoms with E-state index in [1.165, 1.54) is 0 Å². The third-order valence-corrected chi connectivity index (χ3v) is 3.55. The Morgan fingerprint density at radius 2 is 2.13 bits per heavy atom. The van der Waals surface area contributed by atoms with Gasteiger partial charge in [0.25, 0.3) is 0 Å². The molecule has 1 unspecified atom stereocenters. The van der Waals surface area contributed by atoms with Crippen LogP contribution in [0.1, 0.15) is 29.1 Å². The number of nitrogens with one attached hydrogen (secondary N) is 1. The SMILES string of the molecule is Cc1cc(C)nc(NC(=O)N2CCOCC2c2nnc(C)o2)c1. The zero-order valence-corrected chi connectivity index (χ0v) is 13.4. The van der Waals surface area contributed by atoms with Crippen molar-refractivity contribution in [1.29, 1.82) is 0 Å². The number of hydrogen-bond donors (Lipinski definition) is 1. The minimum absolute atomic E-state index is 0.258. The lowest BCUT2D eigenvalue weighted by atomic mass is 10.2. The van der Waals surface area contributed by atoms with Crippen LogP contribution in [-0.4, -0.2) is 45.9 Å². The van der Waals surface area contributed by atoms with Crippen LogP contribution in [-0.2, 0) is 4.74 Å². The van der Waals surface area contributed by atoms with Crippen LogP contribution in [0.3, 0.4) is 0 Å². The molecule has 3 rings (SSSR count). The molecule has 1 aliphatic heterocycles. The molecule has 2 aromatic heterocycles. The van der Waals surface area contributed by atoms with Gasteiger partial charge in [0.1, 0.15) is 11.9 Å². The Morgan fingerprint density at radius 3 is 2.83 bits per heavy atom. The smallest absolute Gasteiger partial charge is 0.323 e. The molecule has 3 heterocycles. The van der Waals surface area contributed by atoms with Gasteiger partial charge in [-0.25, -0.2) is 9.78 Å². The van der Waals surface area contributed by atoms with Crippen molar-refractivity contribution in [3.8, 4) is 0 Å². The number of anilines is 1. The molecular formula is C15H19N5O3. The second kappa shape index (κ2) is 6.33. The van der Waals surface area contributed by atoms with E-state index in [4.69, 9.17) is 9.15 Å². The van der Waals surface area contributed by atoms with Gasteiger partial charge < -0.3 is 14.1 Å². The minimum atomic E-state index is -0.393. The van der Waals surface area contributed by atoms with Crippen LogP contribution in [0.2, 0.25) is 0 Å². The van der Waals surface area contributed by atoms with Gasteiger partial charge >= 0.3 is 6.03 Å². The van der Waals surface area contributed by atoms with Gasteiger partial charge in [0, 0.05) is 19.2 Å². The highest BCUT2D eigenvalue weighted by atomic mass is 16.5. The van der Waals surface area contributed by atoms with Crippen molar-refractivity contribution in [2.75, 3.05) is 25.1 Å². The Balaban J connectivity index is 1.78. The third-order valence-electron chi connectivity index (χ3n) is 3.55. The average Bonchev–Trinajstić information content (AvgIpc) is 2.92. The molecule has 8 heteroatoms. The Morgan fingerprint density at radius 1 is 1.30 bits per heavy atom. The van der Waals surface area contributed by atoms with E-state index in [1.54, 1.807) is 11.8 Å². The van der Waals surface area contributed by atoms with Crippen LogP contribution in [0.25, 0.3) is 0 Å². The maximum absolute atomic E-state index is 12.6. The van der Waals surface area contributed by atoms with Gasteiger partial charge in [-0.05, 0) is 31.5 Å². The van der Waals surface area contributed by atoms with Crippen LogP contribution in [0.4, 0.5) is 10.6 Å². The number of aryl methyl sites for hydroxylation is 3. The molecule has 0 radical (unpaired) electrons. The molecule has 0 spiro atoms. The lowest BCUT2D eigenvalue weighted by Crippen LogP contribution is -2.45. The van der Waals surface area contributed by atoms with Gasteiger partial charge in [0.15, 0.2) is 0 Å². The van der Waals surface area contributed by atoms with Crippen molar-refractivity contribution < 1.29 is 13.9 Å². The summed E-state index contributed by atoms with van der Waals surface area (Å²) >= 11 is 0. The van der Waals surface area contributed by atoms with Crippen molar-refractivity contribution in [1.82, 2.24) is 20.1 Å². The van der Waals surface area contributed by atoms with E-state index in [1.807, 2.05) is 26.0 Å². The average molecular weight is 317 g/mol. The van der Waals surface area contributed by atoms with E-state index in [0.717, 1.165) is 11.3 Å². The number of nitrogens with zero attached hydrogens (tertiary/aromatic N) is 4. The van der Waals surface area contributed by atoms with Crippen molar-refractivity contribution in [2.24, 2.45) is 0 Å². The molecule has 23 heavy (non-hydrogen) atoms. The molecule has 0 aromatic carbocycles. The van der Waals surface area contributed by atoms with E-state index in [2.05, 4.69) is 20.5 Å². The van der Waals surface area contributed by atoms with Crippen molar-refractivity contribution in [3.63, 3.8) is 0 Å². The molecule has 0 aliphatic carbocycles. The number of carbonyl (C=O) groups is 1. The highest BCUT2D eigenvalue weighted by molar-refractivity contribution is 5.88. The molecule has 2 amide bonds. The number of aromatic nitrogens is 3. The van der Waals surface area contributed by atoms with Gasteiger partial charge in [-0.3, -0.25) is 5.32 Å². The fourth-order valence-electron chi connectivity index (χ4n) is 2.58. The number of amides is 2. The molecule has 1 aliphatic rings. The number of morpholine rings is 1. The predicted octanol–water partition coefficient (Wildman–Crippen LogP) is 2.00. The summed E-state index contributed by atoms with van der Waals surface area (Å²) in [4.78, 5) is 18.6. The fourth-order valence-corrected chi connectivity index (χ4v) is 2.58. The molecule has 1 atom stereocenters. The molecule has 2 aromatic rings. The predicted molar refractivity (Wildman–Crippen MR) is 82.0 cm³/mol. The van der Waals surface area contributed by atoms with Gasteiger partial charge in [-0.2, -0.15) is 0 Å². The summed E-state index contributed by atoms with van der Waals surface area (Å²) in [5, 5.41) is 10.7. The van der Waals surface area contributed by atoms with Crippen LogP contribution < -0.4 is 5.32 Å². The molecule has 122 valence electrons. The summed E-state index contributed by atoms with van der Waals surface area (Å²) in [6.07, 6.45) is 0. The summed E-state index contributed by atoms with van der Waals surface area (Å²) in [6.45, 7) is 6.81. The molecule has 1 N–H and O–H groups in total. The quantitative estimate of drug-likeness (QED) is 0.910. The molecule has 0 saturated carbocycles. The number of pyridine rings is 1. The largest absolute Gasteiger partial charge is 0.423 e. The first-order chi connectivity index (χ1) is 11.0. The number of hydrogen-bond acceptors (Lipinski definition) is 6. The normalized spacial score (nSPS) is 18.0. The summed E-state index contributed by atoms with van der Waals surface area (Å²) in [5.41, 5.74) is 1.89. The van der Waals surface area contributed by atoms with Gasteiger partial charge in [-0.1, -0.05) is 0 Å². The first-order valence-corrected chi connectivity index (χ1v) is 7.43. The van der Waals surface area contributed by atoms with Crippen molar-refractivity contribution >= 4 is 11.8 Å². The van der Waals surface area contributed by atoms with Crippen LogP contribution in [0, 0.1) is 20.8 Å². The number of urea groups is 1. The fraction of sp³-hybridized carbons (Fsp3) is 0.467.